The fourth-order valence-electron chi connectivity index (χ4n) is 13.5. The van der Waals surface area contributed by atoms with Crippen molar-refractivity contribution in [2.45, 2.75) is 124 Å². The Kier molecular flexibility index (Phi) is 10.9. The van der Waals surface area contributed by atoms with Gasteiger partial charge >= 0.3 is 18.4 Å². The molecule has 0 radical (unpaired) electrons. The highest BCUT2D eigenvalue weighted by Gasteiger charge is 2.70. The molecule has 5 unspecified atom stereocenters. The molecule has 3 aliphatic heterocycles. The zero-order valence-electron chi connectivity index (χ0n) is 36.6. The molecule has 3 aromatic carbocycles. The Hall–Kier alpha value is -6.01. The minimum Gasteiger partial charge on any atom is -0.465 e. The summed E-state index contributed by atoms with van der Waals surface area (Å²) < 4.78 is 42.6. The number of carbonyl (C=O) groups is 6. The first-order valence-electron chi connectivity index (χ1n) is 21.9. The van der Waals surface area contributed by atoms with Gasteiger partial charge in [0.1, 0.15) is 11.1 Å². The molecule has 0 spiro atoms. The lowest BCUT2D eigenvalue weighted by molar-refractivity contribution is -0.143. The summed E-state index contributed by atoms with van der Waals surface area (Å²) in [5, 5.41) is 24.4. The summed E-state index contributed by atoms with van der Waals surface area (Å²) in [6.07, 6.45) is -6.09. The highest BCUT2D eigenvalue weighted by Crippen LogP contribution is 2.61. The van der Waals surface area contributed by atoms with Crippen molar-refractivity contribution in [2.24, 2.45) is 17.4 Å². The van der Waals surface area contributed by atoms with Crippen LogP contribution in [-0.2, 0) is 47.3 Å². The number of likely N-dealkylation sites (tertiary alicyclic amines) is 2. The molecule has 5 aliphatic rings. The number of carbonyl (C=O) groups excluding carboxylic acids is 4. The van der Waals surface area contributed by atoms with Crippen LogP contribution in [0.1, 0.15) is 100 Å². The Bertz CT molecular complexity index is 2490. The van der Waals surface area contributed by atoms with Crippen molar-refractivity contribution in [1.82, 2.24) is 20.4 Å². The smallest absolute Gasteiger partial charge is 0.416 e. The quantitative estimate of drug-likeness (QED) is 0.145. The highest BCUT2D eigenvalue weighted by molar-refractivity contribution is 6.01. The van der Waals surface area contributed by atoms with Crippen molar-refractivity contribution in [3.05, 3.63) is 101 Å². The van der Waals surface area contributed by atoms with Crippen LogP contribution in [0.25, 0.3) is 0 Å². The summed E-state index contributed by atoms with van der Waals surface area (Å²) in [6.45, 7) is 8.03. The van der Waals surface area contributed by atoms with Gasteiger partial charge in [0.2, 0.25) is 11.8 Å². The third-order valence-corrected chi connectivity index (χ3v) is 16.0. The molecule has 4 bridgehead atoms. The standard InChI is InChI=1S/C47H54F3N7O8/c1-26-21-34(33-13-7-19-55(33)45(38(60)53-40(62)63)30-11-5-9-28(22-30)42(45,2)24-36(51)58)57(32-17-15-27(16-18-32)47(48,49)50)44(26,4)35-14-8-20-56(35)46(39(61)54-41(64)65)31-12-6-10-29(23-31)43(46,3)25-37(52)59/h5-6,9-12,15-18,22-23,26,33-35H,7-8,13-14,19-21,24-25H2,1-4H3,(H2,51,58)(H2,52,59)(H,53,60)(H,54,61)(H,62,63)(H,64,65)/t26?,33?,34-,35?,42?,43?,44+,45+,46+/m0/s1. The van der Waals surface area contributed by atoms with E-state index in [1.807, 2.05) is 23.6 Å². The molecule has 3 saturated heterocycles. The van der Waals surface area contributed by atoms with Crippen molar-refractivity contribution >= 4 is 41.5 Å². The van der Waals surface area contributed by atoms with E-state index in [0.717, 1.165) is 12.1 Å². The number of anilines is 1. The molecule has 346 valence electrons. The summed E-state index contributed by atoms with van der Waals surface area (Å²) in [5.41, 5.74) is 6.16. The number of benzene rings is 3. The number of nitrogens with one attached hydrogen (secondary N) is 2. The topological polar surface area (TPSA) is 229 Å². The van der Waals surface area contributed by atoms with Crippen molar-refractivity contribution in [3.8, 4) is 0 Å². The average Bonchev–Trinajstić information content (AvgIpc) is 4.01. The van der Waals surface area contributed by atoms with Gasteiger partial charge in [0.05, 0.1) is 11.1 Å². The second kappa shape index (κ2) is 15.6. The summed E-state index contributed by atoms with van der Waals surface area (Å²) >= 11 is 0. The maximum atomic E-state index is 15.0. The van der Waals surface area contributed by atoms with Crippen LogP contribution >= 0.6 is 0 Å². The molecular formula is C47H54F3N7O8. The summed E-state index contributed by atoms with van der Waals surface area (Å²) in [6, 6.07) is 17.1. The average molecular weight is 902 g/mol. The Balaban J connectivity index is 1.33. The van der Waals surface area contributed by atoms with Crippen LogP contribution < -0.4 is 27.0 Å². The van der Waals surface area contributed by atoms with E-state index in [4.69, 9.17) is 11.5 Å². The maximum Gasteiger partial charge on any atom is 0.416 e. The van der Waals surface area contributed by atoms with Gasteiger partial charge < -0.3 is 26.6 Å². The normalized spacial score (nSPS) is 33.0. The van der Waals surface area contributed by atoms with Crippen molar-refractivity contribution < 1.29 is 52.2 Å². The molecule has 3 aromatic rings. The van der Waals surface area contributed by atoms with Gasteiger partial charge in [-0.05, 0) is 105 Å². The third-order valence-electron chi connectivity index (χ3n) is 16.0. The number of hydrogen-bond donors (Lipinski definition) is 6. The molecule has 8 N–H and O–H groups in total. The second-order valence-electron chi connectivity index (χ2n) is 19.2. The molecule has 0 saturated carbocycles. The van der Waals surface area contributed by atoms with Crippen molar-refractivity contribution in [3.63, 3.8) is 0 Å². The SMILES string of the molecule is CC1C[C@@H](C2CCCN2[C@@]2(C(=O)NC(=O)O)c3cccc(c3)C2(C)CC(N)=O)N(c2ccc(C(F)(F)F)cc2)[C@@]1(C)C1CCCN1[C@@]1(C(=O)NC(=O)O)c2cccc(c2)C1(C)CC(N)=O. The van der Waals surface area contributed by atoms with Gasteiger partial charge in [-0.1, -0.05) is 69.3 Å². The maximum absolute atomic E-state index is 15.0. The molecule has 18 heteroatoms. The highest BCUT2D eigenvalue weighted by atomic mass is 19.4. The summed E-state index contributed by atoms with van der Waals surface area (Å²) in [7, 11) is 0. The fraction of sp³-hybridized carbons (Fsp3) is 0.489. The van der Waals surface area contributed by atoms with Gasteiger partial charge in [0, 0.05) is 47.5 Å². The molecule has 3 fully saturated rings. The van der Waals surface area contributed by atoms with Gasteiger partial charge in [-0.25, -0.2) is 9.59 Å². The molecule has 0 aromatic heterocycles. The van der Waals surface area contributed by atoms with Gasteiger partial charge in [0.25, 0.3) is 11.8 Å². The second-order valence-corrected chi connectivity index (χ2v) is 19.2. The van der Waals surface area contributed by atoms with E-state index in [0.29, 0.717) is 60.0 Å². The van der Waals surface area contributed by atoms with Crippen LogP contribution in [0.2, 0.25) is 0 Å². The first-order chi connectivity index (χ1) is 30.5. The fourth-order valence-corrected chi connectivity index (χ4v) is 13.5. The lowest BCUT2D eigenvalue weighted by Gasteiger charge is -2.57. The largest absolute Gasteiger partial charge is 0.465 e. The number of alkyl halides is 3. The number of rotatable bonds is 11. The molecule has 2 aliphatic carbocycles. The van der Waals surface area contributed by atoms with E-state index in [1.165, 1.54) is 12.1 Å². The Morgan fingerprint density at radius 3 is 1.63 bits per heavy atom. The number of fused-ring (bicyclic) bond motifs is 4. The molecule has 15 nitrogen and oxygen atoms in total. The van der Waals surface area contributed by atoms with Crippen LogP contribution in [0.15, 0.2) is 72.8 Å². The predicted octanol–water partition coefficient (Wildman–Crippen LogP) is 5.28. The predicted molar refractivity (Wildman–Crippen MR) is 230 cm³/mol. The number of halogens is 3. The van der Waals surface area contributed by atoms with Crippen LogP contribution in [-0.4, -0.2) is 92.6 Å². The van der Waals surface area contributed by atoms with E-state index in [1.54, 1.807) is 62.4 Å². The number of hydrogen-bond acceptors (Lipinski definition) is 9. The van der Waals surface area contributed by atoms with Crippen molar-refractivity contribution in [2.75, 3.05) is 18.0 Å². The van der Waals surface area contributed by atoms with Crippen LogP contribution in [0, 0.1) is 5.92 Å². The van der Waals surface area contributed by atoms with E-state index < -0.39 is 93.1 Å². The zero-order valence-corrected chi connectivity index (χ0v) is 36.6. The minimum absolute atomic E-state index is 0.271. The number of imide groups is 2. The molecule has 8 rings (SSSR count). The van der Waals surface area contributed by atoms with E-state index in [-0.39, 0.29) is 31.8 Å². The van der Waals surface area contributed by atoms with E-state index in [9.17, 15) is 52.2 Å². The van der Waals surface area contributed by atoms with Crippen LogP contribution in [0.5, 0.6) is 0 Å². The Morgan fingerprint density at radius 2 is 1.15 bits per heavy atom. The molecule has 9 atom stereocenters. The number of nitrogens with two attached hydrogens (primary N) is 2. The lowest BCUT2D eigenvalue weighted by atomic mass is 9.64. The number of primary amides is 2. The Morgan fingerprint density at radius 1 is 0.692 bits per heavy atom. The van der Waals surface area contributed by atoms with Crippen LogP contribution in [0.3, 0.4) is 0 Å². The van der Waals surface area contributed by atoms with Gasteiger partial charge in [-0.3, -0.25) is 39.6 Å². The van der Waals surface area contributed by atoms with Crippen LogP contribution in [0.4, 0.5) is 28.4 Å². The minimum atomic E-state index is -4.65. The molecule has 6 amide bonds. The first-order valence-corrected chi connectivity index (χ1v) is 21.9. The first kappa shape index (κ1) is 45.6. The van der Waals surface area contributed by atoms with Gasteiger partial charge in [-0.15, -0.1) is 0 Å². The molecule has 3 heterocycles. The van der Waals surface area contributed by atoms with E-state index in [2.05, 4.69) is 15.5 Å². The summed E-state index contributed by atoms with van der Waals surface area (Å²) in [4.78, 5) is 86.7. The third kappa shape index (κ3) is 6.44. The molecule has 65 heavy (non-hydrogen) atoms. The van der Waals surface area contributed by atoms with Crippen molar-refractivity contribution in [1.29, 1.82) is 0 Å². The summed E-state index contributed by atoms with van der Waals surface area (Å²) in [5.74, 6) is -3.48. The Labute approximate surface area is 373 Å². The van der Waals surface area contributed by atoms with Gasteiger partial charge in [-0.2, -0.15) is 13.2 Å². The monoisotopic (exact) mass is 901 g/mol. The number of carboxylic acid groups (broad SMARTS) is 2. The molecular weight excluding hydrogens is 848 g/mol. The van der Waals surface area contributed by atoms with E-state index >= 15 is 0 Å². The number of nitrogens with zero attached hydrogens (tertiary/aromatic N) is 3. The number of amides is 6. The zero-order chi connectivity index (χ0) is 47.2. The lowest BCUT2D eigenvalue weighted by Crippen LogP contribution is -2.72. The van der Waals surface area contributed by atoms with Gasteiger partial charge in [0.15, 0.2) is 0 Å².